The molecule has 0 aromatic carbocycles. The Kier molecular flexibility index (Phi) is 6.35. The molecule has 7 heteroatoms. The van der Waals surface area contributed by atoms with Gasteiger partial charge in [-0.25, -0.2) is 4.79 Å². The van der Waals surface area contributed by atoms with Crippen LogP contribution in [0.2, 0.25) is 0 Å². The van der Waals surface area contributed by atoms with Gasteiger partial charge < -0.3 is 23.6 Å². The number of hydrogen-bond acceptors (Lipinski definition) is 6. The fourth-order valence-corrected chi connectivity index (χ4v) is 2.99. The van der Waals surface area contributed by atoms with Gasteiger partial charge in [0, 0.05) is 41.6 Å². The number of nitrogens with one attached hydrogen (secondary N) is 1. The molecule has 1 amide bonds. The van der Waals surface area contributed by atoms with Crippen molar-refractivity contribution in [1.29, 1.82) is 0 Å². The number of carbonyl (C=O) groups is 2. The minimum Gasteiger partial charge on any atom is -0.472 e. The largest absolute Gasteiger partial charge is 0.472 e. The highest BCUT2D eigenvalue weighted by Gasteiger charge is 2.24. The second kappa shape index (κ2) is 9.12. The maximum atomic E-state index is 12.2. The number of methoxy groups -OCH3 is 1. The monoisotopic (exact) mass is 373 g/mol. The summed E-state index contributed by atoms with van der Waals surface area (Å²) in [5, 5.41) is 2.76. The Morgan fingerprint density at radius 2 is 1.85 bits per heavy atom. The first kappa shape index (κ1) is 18.8. The predicted octanol–water partition coefficient (Wildman–Crippen LogP) is 4.10. The smallest absolute Gasteiger partial charge is 0.407 e. The number of rotatable bonds is 7. The molecule has 1 atom stereocenters. The van der Waals surface area contributed by atoms with E-state index in [1.54, 1.807) is 25.1 Å². The molecule has 0 radical (unpaired) electrons. The van der Waals surface area contributed by atoms with Crippen LogP contribution in [-0.2, 0) is 20.7 Å². The molecule has 0 bridgehead atoms. The highest BCUT2D eigenvalue weighted by molar-refractivity contribution is 5.74. The SMILES string of the molecule is COC(=O)CCCCCNC(=O)OC1Cc2cocc2/C=C\c2cocc21. The molecule has 2 aromatic rings. The van der Waals surface area contributed by atoms with E-state index in [9.17, 15) is 9.59 Å². The van der Waals surface area contributed by atoms with Crippen molar-refractivity contribution in [2.75, 3.05) is 13.7 Å². The maximum absolute atomic E-state index is 12.2. The molecule has 0 saturated heterocycles. The number of carbonyl (C=O) groups excluding carboxylic acids is 2. The standard InChI is InChI=1S/C20H23NO6/c1-24-19(22)5-3-2-4-8-21-20(23)27-18-9-16-12-25-10-14(16)6-7-15-11-26-13-17(15)18/h6-7,10-13,18H,2-5,8-9H2,1H3,(H,21,23)/b7-6-. The average Bonchev–Trinajstić information content (AvgIpc) is 3.29. The van der Waals surface area contributed by atoms with E-state index in [0.717, 1.165) is 41.5 Å². The van der Waals surface area contributed by atoms with E-state index in [-0.39, 0.29) is 5.97 Å². The normalized spacial score (nSPS) is 16.4. The maximum Gasteiger partial charge on any atom is 0.407 e. The summed E-state index contributed by atoms with van der Waals surface area (Å²) >= 11 is 0. The van der Waals surface area contributed by atoms with Crippen LogP contribution in [0.3, 0.4) is 0 Å². The number of hydrogen-bond donors (Lipinski definition) is 1. The number of furan rings is 2. The van der Waals surface area contributed by atoms with Gasteiger partial charge in [0.1, 0.15) is 6.10 Å². The van der Waals surface area contributed by atoms with Crippen LogP contribution in [0.1, 0.15) is 54.0 Å². The minimum absolute atomic E-state index is 0.213. The Labute approximate surface area is 157 Å². The van der Waals surface area contributed by atoms with Gasteiger partial charge in [0.05, 0.1) is 32.2 Å². The Balaban J connectivity index is 1.50. The summed E-state index contributed by atoms with van der Waals surface area (Å²) in [4.78, 5) is 23.2. The molecule has 7 nitrogen and oxygen atoms in total. The molecule has 2 aromatic heterocycles. The van der Waals surface area contributed by atoms with Crippen LogP contribution in [-0.4, -0.2) is 25.7 Å². The van der Waals surface area contributed by atoms with Crippen molar-refractivity contribution in [3.63, 3.8) is 0 Å². The number of ether oxygens (including phenoxy) is 2. The van der Waals surface area contributed by atoms with Crippen LogP contribution in [0.25, 0.3) is 12.2 Å². The summed E-state index contributed by atoms with van der Waals surface area (Å²) < 4.78 is 20.8. The molecule has 1 unspecified atom stereocenters. The van der Waals surface area contributed by atoms with Crippen molar-refractivity contribution in [1.82, 2.24) is 5.32 Å². The zero-order valence-corrected chi connectivity index (χ0v) is 15.2. The van der Waals surface area contributed by atoms with Crippen LogP contribution in [0.5, 0.6) is 0 Å². The zero-order chi connectivity index (χ0) is 19.1. The van der Waals surface area contributed by atoms with Crippen molar-refractivity contribution >= 4 is 24.2 Å². The molecule has 0 fully saturated rings. The Bertz CT molecular complexity index is 803. The molecule has 2 heterocycles. The molecule has 1 N–H and O–H groups in total. The van der Waals surface area contributed by atoms with E-state index in [2.05, 4.69) is 10.1 Å². The molecule has 1 aliphatic rings. The lowest BCUT2D eigenvalue weighted by molar-refractivity contribution is -0.140. The third-order valence-electron chi connectivity index (χ3n) is 4.50. The lowest BCUT2D eigenvalue weighted by Gasteiger charge is -2.19. The van der Waals surface area contributed by atoms with Crippen molar-refractivity contribution < 1.29 is 27.9 Å². The number of fused-ring (bicyclic) bond motifs is 2. The first-order chi connectivity index (χ1) is 13.2. The van der Waals surface area contributed by atoms with Gasteiger partial charge >= 0.3 is 12.1 Å². The second-order valence-electron chi connectivity index (χ2n) is 6.38. The summed E-state index contributed by atoms with van der Waals surface area (Å²) in [5.74, 6) is -0.213. The van der Waals surface area contributed by atoms with E-state index in [0.29, 0.717) is 19.4 Å². The Hall–Kier alpha value is -2.96. The van der Waals surface area contributed by atoms with Gasteiger partial charge in [-0.1, -0.05) is 18.6 Å². The first-order valence-corrected chi connectivity index (χ1v) is 8.98. The highest BCUT2D eigenvalue weighted by atomic mass is 16.6. The number of amides is 1. The summed E-state index contributed by atoms with van der Waals surface area (Å²) in [6.45, 7) is 0.488. The molecular weight excluding hydrogens is 350 g/mol. The highest BCUT2D eigenvalue weighted by Crippen LogP contribution is 2.32. The van der Waals surface area contributed by atoms with Crippen LogP contribution in [0, 0.1) is 0 Å². The fraction of sp³-hybridized carbons (Fsp3) is 0.400. The quantitative estimate of drug-likeness (QED) is 0.580. The second-order valence-corrected chi connectivity index (χ2v) is 6.38. The molecule has 0 aliphatic heterocycles. The zero-order valence-electron chi connectivity index (χ0n) is 15.2. The van der Waals surface area contributed by atoms with Gasteiger partial charge in [0.15, 0.2) is 0 Å². The minimum atomic E-state index is -0.477. The van der Waals surface area contributed by atoms with Gasteiger partial charge in [0.25, 0.3) is 0 Å². The van der Waals surface area contributed by atoms with Crippen molar-refractivity contribution in [2.24, 2.45) is 0 Å². The predicted molar refractivity (Wildman–Crippen MR) is 97.8 cm³/mol. The van der Waals surface area contributed by atoms with Crippen LogP contribution >= 0.6 is 0 Å². The average molecular weight is 373 g/mol. The van der Waals surface area contributed by atoms with E-state index in [1.807, 2.05) is 12.2 Å². The molecule has 27 heavy (non-hydrogen) atoms. The third kappa shape index (κ3) is 5.03. The van der Waals surface area contributed by atoms with Crippen LogP contribution in [0.4, 0.5) is 4.79 Å². The molecule has 1 aliphatic carbocycles. The summed E-state index contributed by atoms with van der Waals surface area (Å²) in [7, 11) is 1.38. The van der Waals surface area contributed by atoms with Gasteiger partial charge in [0.2, 0.25) is 0 Å². The van der Waals surface area contributed by atoms with Crippen LogP contribution in [0.15, 0.2) is 33.9 Å². The lowest BCUT2D eigenvalue weighted by Crippen LogP contribution is -2.27. The number of unbranched alkanes of at least 4 members (excludes halogenated alkanes) is 2. The van der Waals surface area contributed by atoms with E-state index >= 15 is 0 Å². The summed E-state index contributed by atoms with van der Waals surface area (Å²) in [5.41, 5.74) is 3.63. The number of alkyl carbamates (subject to hydrolysis) is 1. The van der Waals surface area contributed by atoms with Gasteiger partial charge in [-0.3, -0.25) is 4.79 Å². The third-order valence-corrected chi connectivity index (χ3v) is 4.50. The van der Waals surface area contributed by atoms with E-state index in [1.165, 1.54) is 7.11 Å². The fourth-order valence-electron chi connectivity index (χ4n) is 2.99. The van der Waals surface area contributed by atoms with Gasteiger partial charge in [-0.2, -0.15) is 0 Å². The topological polar surface area (TPSA) is 90.9 Å². The first-order valence-electron chi connectivity index (χ1n) is 8.98. The Morgan fingerprint density at radius 1 is 1.07 bits per heavy atom. The van der Waals surface area contributed by atoms with Gasteiger partial charge in [-0.15, -0.1) is 0 Å². The van der Waals surface area contributed by atoms with E-state index in [4.69, 9.17) is 13.6 Å². The van der Waals surface area contributed by atoms with E-state index < -0.39 is 12.2 Å². The Morgan fingerprint density at radius 3 is 2.70 bits per heavy atom. The molecule has 3 rings (SSSR count). The van der Waals surface area contributed by atoms with Crippen molar-refractivity contribution in [3.05, 3.63) is 47.3 Å². The summed E-state index contributed by atoms with van der Waals surface area (Å²) in [6, 6.07) is 0. The molecule has 0 spiro atoms. The van der Waals surface area contributed by atoms with Crippen molar-refractivity contribution in [2.45, 2.75) is 38.2 Å². The molecule has 0 saturated carbocycles. The lowest BCUT2D eigenvalue weighted by atomic mass is 9.96. The van der Waals surface area contributed by atoms with Crippen LogP contribution < -0.4 is 5.32 Å². The molecular formula is C20H23NO6. The van der Waals surface area contributed by atoms with Gasteiger partial charge in [-0.05, 0) is 12.8 Å². The van der Waals surface area contributed by atoms with Crippen molar-refractivity contribution in [3.8, 4) is 0 Å². The summed E-state index contributed by atoms with van der Waals surface area (Å²) in [6.07, 6.45) is 12.7. The number of esters is 1. The molecule has 144 valence electrons.